The topological polar surface area (TPSA) is 65.6 Å². The van der Waals surface area contributed by atoms with Crippen LogP contribution in [0, 0.1) is 0 Å². The SMILES string of the molecule is COc1ccccc1N1CCN(C(=O)c2ccc[nH]c2=O)CC1. The Balaban J connectivity index is 1.70. The minimum Gasteiger partial charge on any atom is -0.495 e. The van der Waals surface area contributed by atoms with Crippen molar-refractivity contribution in [3.63, 3.8) is 0 Å². The Kier molecular flexibility index (Phi) is 4.32. The first kappa shape index (κ1) is 15.1. The summed E-state index contributed by atoms with van der Waals surface area (Å²) in [6.07, 6.45) is 1.53. The molecular weight excluding hydrogens is 294 g/mol. The molecule has 1 aliphatic rings. The molecule has 1 saturated heterocycles. The Morgan fingerprint density at radius 2 is 1.83 bits per heavy atom. The van der Waals surface area contributed by atoms with E-state index in [1.807, 2.05) is 24.3 Å². The molecule has 0 unspecified atom stereocenters. The Morgan fingerprint density at radius 3 is 2.52 bits per heavy atom. The van der Waals surface area contributed by atoms with Crippen molar-refractivity contribution in [3.8, 4) is 5.75 Å². The van der Waals surface area contributed by atoms with Gasteiger partial charge in [-0.15, -0.1) is 0 Å². The number of para-hydroxylation sites is 2. The molecule has 1 amide bonds. The first-order valence-electron chi connectivity index (χ1n) is 7.55. The van der Waals surface area contributed by atoms with Crippen molar-refractivity contribution >= 4 is 11.6 Å². The normalized spacial score (nSPS) is 14.7. The van der Waals surface area contributed by atoms with Gasteiger partial charge in [-0.25, -0.2) is 0 Å². The molecule has 6 nitrogen and oxygen atoms in total. The van der Waals surface area contributed by atoms with Gasteiger partial charge in [0.2, 0.25) is 0 Å². The number of aromatic amines is 1. The molecule has 1 fully saturated rings. The zero-order chi connectivity index (χ0) is 16.2. The number of nitrogens with zero attached hydrogens (tertiary/aromatic N) is 2. The average Bonchev–Trinajstić information content (AvgIpc) is 2.61. The first-order valence-corrected chi connectivity index (χ1v) is 7.55. The zero-order valence-corrected chi connectivity index (χ0v) is 13.0. The van der Waals surface area contributed by atoms with Crippen LogP contribution < -0.4 is 15.2 Å². The molecular formula is C17H19N3O3. The standard InChI is InChI=1S/C17H19N3O3/c1-23-15-7-3-2-6-14(15)19-9-11-20(12-10-19)17(22)13-5-4-8-18-16(13)21/h2-8H,9-12H2,1H3,(H,18,21). The van der Waals surface area contributed by atoms with Crippen molar-refractivity contribution in [2.75, 3.05) is 38.2 Å². The van der Waals surface area contributed by atoms with Crippen LogP contribution in [0.25, 0.3) is 0 Å². The fraction of sp³-hybridized carbons (Fsp3) is 0.294. The van der Waals surface area contributed by atoms with E-state index in [-0.39, 0.29) is 17.0 Å². The summed E-state index contributed by atoms with van der Waals surface area (Å²) in [4.78, 5) is 30.6. The predicted octanol–water partition coefficient (Wildman–Crippen LogP) is 1.35. The second kappa shape index (κ2) is 6.56. The van der Waals surface area contributed by atoms with Gasteiger partial charge in [-0.3, -0.25) is 9.59 Å². The van der Waals surface area contributed by atoms with E-state index in [0.29, 0.717) is 26.2 Å². The second-order valence-corrected chi connectivity index (χ2v) is 5.36. The summed E-state index contributed by atoms with van der Waals surface area (Å²) in [7, 11) is 1.65. The molecule has 6 heteroatoms. The molecule has 0 atom stereocenters. The molecule has 2 aromatic rings. The lowest BCUT2D eigenvalue weighted by molar-refractivity contribution is 0.0745. The zero-order valence-electron chi connectivity index (χ0n) is 13.0. The number of anilines is 1. The fourth-order valence-electron chi connectivity index (χ4n) is 2.80. The second-order valence-electron chi connectivity index (χ2n) is 5.36. The number of nitrogens with one attached hydrogen (secondary N) is 1. The third kappa shape index (κ3) is 3.06. The molecule has 3 rings (SSSR count). The van der Waals surface area contributed by atoms with Gasteiger partial charge in [-0.05, 0) is 24.3 Å². The quantitative estimate of drug-likeness (QED) is 0.929. The van der Waals surface area contributed by atoms with Crippen molar-refractivity contribution in [1.29, 1.82) is 0 Å². The maximum absolute atomic E-state index is 12.4. The Labute approximate surface area is 134 Å². The summed E-state index contributed by atoms with van der Waals surface area (Å²) in [6, 6.07) is 11.1. The van der Waals surface area contributed by atoms with Gasteiger partial charge in [0.05, 0.1) is 12.8 Å². The highest BCUT2D eigenvalue weighted by molar-refractivity contribution is 5.94. The third-order valence-electron chi connectivity index (χ3n) is 4.04. The van der Waals surface area contributed by atoms with Gasteiger partial charge in [0.15, 0.2) is 0 Å². The van der Waals surface area contributed by atoms with Crippen LogP contribution in [0.1, 0.15) is 10.4 Å². The summed E-state index contributed by atoms with van der Waals surface area (Å²) in [5.41, 5.74) is 0.877. The molecule has 1 aromatic heterocycles. The largest absolute Gasteiger partial charge is 0.495 e. The number of carbonyl (C=O) groups excluding carboxylic acids is 1. The number of ether oxygens (including phenoxy) is 1. The maximum Gasteiger partial charge on any atom is 0.260 e. The van der Waals surface area contributed by atoms with Gasteiger partial charge in [0.1, 0.15) is 11.3 Å². The van der Waals surface area contributed by atoms with Gasteiger partial charge in [0, 0.05) is 32.4 Å². The number of aromatic nitrogens is 1. The number of benzene rings is 1. The van der Waals surface area contributed by atoms with Crippen LogP contribution in [0.3, 0.4) is 0 Å². The van der Waals surface area contributed by atoms with Crippen LogP contribution in [0.5, 0.6) is 5.75 Å². The number of pyridine rings is 1. The number of piperazine rings is 1. The highest BCUT2D eigenvalue weighted by atomic mass is 16.5. The van der Waals surface area contributed by atoms with E-state index < -0.39 is 0 Å². The summed E-state index contributed by atoms with van der Waals surface area (Å²) < 4.78 is 5.39. The van der Waals surface area contributed by atoms with Gasteiger partial charge < -0.3 is 19.5 Å². The third-order valence-corrected chi connectivity index (χ3v) is 4.04. The lowest BCUT2D eigenvalue weighted by Crippen LogP contribution is -2.49. The number of H-pyrrole nitrogens is 1. The molecule has 1 aromatic carbocycles. The average molecular weight is 313 g/mol. The van der Waals surface area contributed by atoms with Crippen LogP contribution in [-0.4, -0.2) is 49.1 Å². The lowest BCUT2D eigenvalue weighted by atomic mass is 10.2. The number of methoxy groups -OCH3 is 1. The summed E-state index contributed by atoms with van der Waals surface area (Å²) in [5, 5.41) is 0. The molecule has 0 saturated carbocycles. The molecule has 0 spiro atoms. The van der Waals surface area contributed by atoms with Crippen LogP contribution in [0.2, 0.25) is 0 Å². The lowest BCUT2D eigenvalue weighted by Gasteiger charge is -2.36. The highest BCUT2D eigenvalue weighted by Crippen LogP contribution is 2.28. The van der Waals surface area contributed by atoms with E-state index in [2.05, 4.69) is 9.88 Å². The number of hydrogen-bond acceptors (Lipinski definition) is 4. The first-order chi connectivity index (χ1) is 11.2. The van der Waals surface area contributed by atoms with E-state index in [1.54, 1.807) is 24.1 Å². The summed E-state index contributed by atoms with van der Waals surface area (Å²) in [5.74, 6) is 0.610. The molecule has 1 aliphatic heterocycles. The van der Waals surface area contributed by atoms with Crippen molar-refractivity contribution < 1.29 is 9.53 Å². The number of rotatable bonds is 3. The minimum atomic E-state index is -0.343. The minimum absolute atomic E-state index is 0.193. The van der Waals surface area contributed by atoms with E-state index in [4.69, 9.17) is 4.74 Å². The van der Waals surface area contributed by atoms with Crippen molar-refractivity contribution in [1.82, 2.24) is 9.88 Å². The van der Waals surface area contributed by atoms with Gasteiger partial charge in [-0.1, -0.05) is 12.1 Å². The maximum atomic E-state index is 12.4. The van der Waals surface area contributed by atoms with E-state index in [0.717, 1.165) is 11.4 Å². The van der Waals surface area contributed by atoms with E-state index in [9.17, 15) is 9.59 Å². The summed E-state index contributed by atoms with van der Waals surface area (Å²) in [6.45, 7) is 2.56. The molecule has 0 bridgehead atoms. The van der Waals surface area contributed by atoms with E-state index in [1.165, 1.54) is 6.20 Å². The van der Waals surface area contributed by atoms with Gasteiger partial charge in [-0.2, -0.15) is 0 Å². The van der Waals surface area contributed by atoms with Gasteiger partial charge in [0.25, 0.3) is 11.5 Å². The van der Waals surface area contributed by atoms with E-state index >= 15 is 0 Å². The number of amides is 1. The van der Waals surface area contributed by atoms with Crippen molar-refractivity contribution in [2.24, 2.45) is 0 Å². The predicted molar refractivity (Wildman–Crippen MR) is 88.2 cm³/mol. The van der Waals surface area contributed by atoms with Crippen LogP contribution in [0.4, 0.5) is 5.69 Å². The van der Waals surface area contributed by atoms with Crippen LogP contribution >= 0.6 is 0 Å². The van der Waals surface area contributed by atoms with Crippen LogP contribution in [-0.2, 0) is 0 Å². The Morgan fingerprint density at radius 1 is 1.09 bits per heavy atom. The van der Waals surface area contributed by atoms with Crippen LogP contribution in [0.15, 0.2) is 47.4 Å². The number of hydrogen-bond donors (Lipinski definition) is 1. The van der Waals surface area contributed by atoms with Crippen molar-refractivity contribution in [3.05, 3.63) is 58.5 Å². The smallest absolute Gasteiger partial charge is 0.260 e. The highest BCUT2D eigenvalue weighted by Gasteiger charge is 2.24. The molecule has 2 heterocycles. The van der Waals surface area contributed by atoms with Gasteiger partial charge >= 0.3 is 0 Å². The molecule has 1 N–H and O–H groups in total. The number of carbonyl (C=O) groups is 1. The molecule has 23 heavy (non-hydrogen) atoms. The summed E-state index contributed by atoms with van der Waals surface area (Å²) >= 11 is 0. The molecule has 0 radical (unpaired) electrons. The molecule has 120 valence electrons. The fourth-order valence-corrected chi connectivity index (χ4v) is 2.80. The Hall–Kier alpha value is -2.76. The Bertz CT molecular complexity index is 748. The van der Waals surface area contributed by atoms with Crippen molar-refractivity contribution in [2.45, 2.75) is 0 Å². The molecule has 0 aliphatic carbocycles. The monoisotopic (exact) mass is 313 g/mol.